The van der Waals surface area contributed by atoms with Gasteiger partial charge >= 0.3 is 0 Å². The van der Waals surface area contributed by atoms with Crippen molar-refractivity contribution in [3.8, 4) is 11.6 Å². The summed E-state index contributed by atoms with van der Waals surface area (Å²) in [4.78, 5) is 56.0. The maximum atomic E-state index is 13.2. The van der Waals surface area contributed by atoms with Crippen molar-refractivity contribution in [2.75, 3.05) is 5.32 Å². The maximum absolute atomic E-state index is 13.2. The zero-order valence-corrected chi connectivity index (χ0v) is 19.6. The van der Waals surface area contributed by atoms with Crippen LogP contribution in [0.15, 0.2) is 54.7 Å². The first-order valence-corrected chi connectivity index (χ1v) is 11.6. The Morgan fingerprint density at radius 2 is 1.80 bits per heavy atom. The van der Waals surface area contributed by atoms with Crippen LogP contribution in [-0.4, -0.2) is 39.6 Å². The molecule has 0 spiro atoms. The van der Waals surface area contributed by atoms with E-state index < -0.39 is 17.9 Å². The molecule has 9 nitrogen and oxygen atoms in total. The molecule has 0 saturated carbocycles. The molecular formula is C26H28N4O5. The summed E-state index contributed by atoms with van der Waals surface area (Å²) in [6, 6.07) is 8.68. The number of hydrogen-bond donors (Lipinski definition) is 2. The largest absolute Gasteiger partial charge is 0.439 e. The molecule has 1 aliphatic carbocycles. The lowest BCUT2D eigenvalue weighted by atomic mass is 9.85. The topological polar surface area (TPSA) is 132 Å². The summed E-state index contributed by atoms with van der Waals surface area (Å²) in [5, 5.41) is 2.78. The first-order chi connectivity index (χ1) is 16.7. The van der Waals surface area contributed by atoms with Crippen LogP contribution in [0.5, 0.6) is 11.6 Å². The molecule has 1 aromatic heterocycles. The number of fused-ring (bicyclic) bond motifs is 1. The molecule has 1 aromatic carbocycles. The van der Waals surface area contributed by atoms with Crippen LogP contribution in [-0.2, 0) is 14.4 Å². The van der Waals surface area contributed by atoms with E-state index >= 15 is 0 Å². The van der Waals surface area contributed by atoms with E-state index in [-0.39, 0.29) is 35.4 Å². The number of anilines is 1. The number of carbonyl (C=O) groups excluding carboxylic acids is 4. The molecule has 2 aromatic rings. The summed E-state index contributed by atoms with van der Waals surface area (Å²) in [7, 11) is 0. The van der Waals surface area contributed by atoms with Gasteiger partial charge in [-0.3, -0.25) is 24.1 Å². The highest BCUT2D eigenvalue weighted by atomic mass is 16.5. The molecule has 2 aliphatic rings. The predicted octanol–water partition coefficient (Wildman–Crippen LogP) is 3.28. The van der Waals surface area contributed by atoms with Gasteiger partial charge in [0.05, 0.1) is 23.7 Å². The highest BCUT2D eigenvalue weighted by Gasteiger charge is 2.51. The van der Waals surface area contributed by atoms with Gasteiger partial charge in [0.15, 0.2) is 0 Å². The Kier molecular flexibility index (Phi) is 6.95. The number of aromatic nitrogens is 1. The normalized spacial score (nSPS) is 20.0. The van der Waals surface area contributed by atoms with Crippen LogP contribution in [0.3, 0.4) is 0 Å². The summed E-state index contributed by atoms with van der Waals surface area (Å²) in [5.74, 6) is -1.58. The van der Waals surface area contributed by atoms with E-state index in [1.54, 1.807) is 30.3 Å². The summed E-state index contributed by atoms with van der Waals surface area (Å²) in [5.41, 5.74) is 6.01. The Bertz CT molecular complexity index is 1150. The molecule has 182 valence electrons. The maximum Gasteiger partial charge on any atom is 0.248 e. The molecule has 3 atom stereocenters. The van der Waals surface area contributed by atoms with Crippen molar-refractivity contribution in [3.05, 3.63) is 60.3 Å². The summed E-state index contributed by atoms with van der Waals surface area (Å²) < 4.78 is 5.66. The Hall–Kier alpha value is -4.01. The van der Waals surface area contributed by atoms with Crippen molar-refractivity contribution >= 4 is 29.3 Å². The van der Waals surface area contributed by atoms with Gasteiger partial charge in [-0.05, 0) is 49.4 Å². The minimum atomic E-state index is -0.895. The third-order valence-corrected chi connectivity index (χ3v) is 6.20. The minimum Gasteiger partial charge on any atom is -0.439 e. The number of allylic oxidation sites excluding steroid dienone is 2. The van der Waals surface area contributed by atoms with Crippen LogP contribution in [0.4, 0.5) is 5.69 Å². The third kappa shape index (κ3) is 5.24. The number of likely N-dealkylation sites (tertiary alicyclic amines) is 1. The van der Waals surface area contributed by atoms with Gasteiger partial charge < -0.3 is 15.8 Å². The van der Waals surface area contributed by atoms with E-state index in [0.717, 1.165) is 0 Å². The number of rotatable bonds is 8. The van der Waals surface area contributed by atoms with Crippen LogP contribution >= 0.6 is 0 Å². The molecule has 1 aliphatic heterocycles. The SMILES string of the molecule is CC(C)CC(C(=O)Nc1ccc(Oc2cccc(C(N)=O)c2)nc1)N1C(=O)C2CC=CCC2C1=O. The number of benzene rings is 1. The lowest BCUT2D eigenvalue weighted by Gasteiger charge is -2.27. The summed E-state index contributed by atoms with van der Waals surface area (Å²) >= 11 is 0. The second-order valence-corrected chi connectivity index (χ2v) is 9.22. The van der Waals surface area contributed by atoms with Crippen LogP contribution in [0.25, 0.3) is 0 Å². The first-order valence-electron chi connectivity index (χ1n) is 11.6. The molecule has 3 unspecified atom stereocenters. The van der Waals surface area contributed by atoms with Crippen LogP contribution in [0, 0.1) is 17.8 Å². The lowest BCUT2D eigenvalue weighted by Crippen LogP contribution is -2.48. The summed E-state index contributed by atoms with van der Waals surface area (Å²) in [6.45, 7) is 3.89. The lowest BCUT2D eigenvalue weighted by molar-refractivity contribution is -0.147. The van der Waals surface area contributed by atoms with Gasteiger partial charge in [-0.15, -0.1) is 0 Å². The number of ether oxygens (including phenoxy) is 1. The Labute approximate surface area is 203 Å². The van der Waals surface area contributed by atoms with Crippen molar-refractivity contribution in [2.24, 2.45) is 23.5 Å². The molecule has 1 saturated heterocycles. The standard InChI is InChI=1S/C26H28N4O5/c1-15(2)12-21(30-25(33)19-8-3-4-9-20(19)26(30)34)24(32)29-17-10-11-22(28-14-17)35-18-7-5-6-16(13-18)23(27)31/h3-7,10-11,13-15,19-21H,8-9,12H2,1-2H3,(H2,27,31)(H,29,32). The van der Waals surface area contributed by atoms with E-state index in [1.165, 1.54) is 17.2 Å². The van der Waals surface area contributed by atoms with Gasteiger partial charge in [-0.1, -0.05) is 32.1 Å². The van der Waals surface area contributed by atoms with Gasteiger partial charge in [-0.2, -0.15) is 0 Å². The zero-order valence-electron chi connectivity index (χ0n) is 19.6. The van der Waals surface area contributed by atoms with Gasteiger partial charge in [-0.25, -0.2) is 4.98 Å². The van der Waals surface area contributed by atoms with Gasteiger partial charge in [0.2, 0.25) is 29.5 Å². The number of carbonyl (C=O) groups is 4. The fraction of sp³-hybridized carbons (Fsp3) is 0.346. The van der Waals surface area contributed by atoms with Crippen molar-refractivity contribution in [1.82, 2.24) is 9.88 Å². The predicted molar refractivity (Wildman–Crippen MR) is 128 cm³/mol. The Morgan fingerprint density at radius 3 is 2.37 bits per heavy atom. The monoisotopic (exact) mass is 476 g/mol. The number of nitrogens with two attached hydrogens (primary N) is 1. The quantitative estimate of drug-likeness (QED) is 0.444. The first kappa shape index (κ1) is 24.1. The number of pyridine rings is 1. The third-order valence-electron chi connectivity index (χ3n) is 6.20. The fourth-order valence-corrected chi connectivity index (χ4v) is 4.48. The van der Waals surface area contributed by atoms with Crippen LogP contribution in [0.1, 0.15) is 43.5 Å². The van der Waals surface area contributed by atoms with E-state index in [0.29, 0.717) is 36.3 Å². The van der Waals surface area contributed by atoms with E-state index in [4.69, 9.17) is 10.5 Å². The Balaban J connectivity index is 1.47. The van der Waals surface area contributed by atoms with Crippen molar-refractivity contribution < 1.29 is 23.9 Å². The number of nitrogens with one attached hydrogen (secondary N) is 1. The zero-order chi connectivity index (χ0) is 25.1. The molecule has 0 bridgehead atoms. The minimum absolute atomic E-state index is 0.0946. The van der Waals surface area contributed by atoms with Crippen LogP contribution in [0.2, 0.25) is 0 Å². The number of nitrogens with zero attached hydrogens (tertiary/aromatic N) is 2. The molecule has 9 heteroatoms. The summed E-state index contributed by atoms with van der Waals surface area (Å²) in [6.07, 6.45) is 6.68. The van der Waals surface area contributed by atoms with Crippen LogP contribution < -0.4 is 15.8 Å². The van der Waals surface area contributed by atoms with E-state index in [9.17, 15) is 19.2 Å². The fourth-order valence-electron chi connectivity index (χ4n) is 4.48. The number of amides is 4. The Morgan fingerprint density at radius 1 is 1.11 bits per heavy atom. The highest BCUT2D eigenvalue weighted by molar-refractivity contribution is 6.10. The molecule has 4 amide bonds. The molecule has 3 N–H and O–H groups in total. The molecule has 4 rings (SSSR count). The number of hydrogen-bond acceptors (Lipinski definition) is 6. The van der Waals surface area contributed by atoms with E-state index in [1.807, 2.05) is 26.0 Å². The van der Waals surface area contributed by atoms with Gasteiger partial charge in [0, 0.05) is 11.6 Å². The van der Waals surface area contributed by atoms with Gasteiger partial charge in [0.1, 0.15) is 11.8 Å². The molecule has 1 fully saturated rings. The smallest absolute Gasteiger partial charge is 0.248 e. The molecule has 0 radical (unpaired) electrons. The molecular weight excluding hydrogens is 448 g/mol. The van der Waals surface area contributed by atoms with E-state index in [2.05, 4.69) is 10.3 Å². The molecule has 2 heterocycles. The highest BCUT2D eigenvalue weighted by Crippen LogP contribution is 2.37. The van der Waals surface area contributed by atoms with Crippen molar-refractivity contribution in [3.63, 3.8) is 0 Å². The van der Waals surface area contributed by atoms with Crippen molar-refractivity contribution in [2.45, 2.75) is 39.2 Å². The average molecular weight is 477 g/mol. The number of primary amides is 1. The molecule has 35 heavy (non-hydrogen) atoms. The van der Waals surface area contributed by atoms with Gasteiger partial charge in [0.25, 0.3) is 0 Å². The second kappa shape index (κ2) is 10.1. The number of imide groups is 1. The second-order valence-electron chi connectivity index (χ2n) is 9.22. The van der Waals surface area contributed by atoms with Crippen molar-refractivity contribution in [1.29, 1.82) is 0 Å². The average Bonchev–Trinajstić information content (AvgIpc) is 3.09.